The molecule has 8 unspecified atom stereocenters. The number of carbonyl (C=O) groups is 1. The van der Waals surface area contributed by atoms with Crippen molar-refractivity contribution >= 4 is 28.3 Å². The van der Waals surface area contributed by atoms with Crippen LogP contribution < -0.4 is 0 Å². The molecule has 0 aliphatic heterocycles. The van der Waals surface area contributed by atoms with Crippen LogP contribution in [0.4, 0.5) is 0 Å². The van der Waals surface area contributed by atoms with E-state index < -0.39 is 5.60 Å². The van der Waals surface area contributed by atoms with Crippen LogP contribution in [0.15, 0.2) is 24.4 Å². The highest BCUT2D eigenvalue weighted by molar-refractivity contribution is 6.31. The fourth-order valence-electron chi connectivity index (χ4n) is 9.70. The van der Waals surface area contributed by atoms with Crippen molar-refractivity contribution in [1.82, 2.24) is 9.78 Å². The van der Waals surface area contributed by atoms with Crippen LogP contribution in [0.25, 0.3) is 10.9 Å². The fourth-order valence-corrected chi connectivity index (χ4v) is 9.87. The van der Waals surface area contributed by atoms with E-state index in [1.165, 1.54) is 19.3 Å². The van der Waals surface area contributed by atoms with Crippen LogP contribution in [-0.2, 0) is 16.1 Å². The maximum atomic E-state index is 13.7. The van der Waals surface area contributed by atoms with Crippen LogP contribution in [0.1, 0.15) is 71.6 Å². The number of carbonyl (C=O) groups excluding carboxylic acids is 1. The van der Waals surface area contributed by atoms with E-state index in [1.54, 1.807) is 0 Å². The summed E-state index contributed by atoms with van der Waals surface area (Å²) in [7, 11) is 1.85. The molecular formula is C30H41ClN2O3. The molecule has 0 amide bonds. The van der Waals surface area contributed by atoms with Gasteiger partial charge in [0.1, 0.15) is 0 Å². The van der Waals surface area contributed by atoms with Crippen LogP contribution in [0.2, 0.25) is 5.02 Å². The molecule has 1 N–H and O–H groups in total. The van der Waals surface area contributed by atoms with Gasteiger partial charge < -0.3 is 9.84 Å². The topological polar surface area (TPSA) is 64.3 Å². The van der Waals surface area contributed by atoms with Gasteiger partial charge in [-0.05, 0) is 117 Å². The lowest BCUT2D eigenvalue weighted by Gasteiger charge is -2.62. The van der Waals surface area contributed by atoms with Gasteiger partial charge in [0, 0.05) is 29.6 Å². The van der Waals surface area contributed by atoms with Crippen LogP contribution >= 0.6 is 11.6 Å². The molecule has 6 heteroatoms. The van der Waals surface area contributed by atoms with Crippen LogP contribution in [0.5, 0.6) is 0 Å². The molecule has 4 saturated carbocycles. The van der Waals surface area contributed by atoms with Crippen molar-refractivity contribution in [3.63, 3.8) is 0 Å². The predicted octanol–water partition coefficient (Wildman–Crippen LogP) is 6.30. The van der Waals surface area contributed by atoms with Crippen molar-refractivity contribution in [2.45, 2.75) is 83.8 Å². The second kappa shape index (κ2) is 8.81. The first kappa shape index (κ1) is 24.9. The number of halogens is 1. The number of nitrogens with zero attached hydrogens (tertiary/aromatic N) is 2. The normalized spacial score (nSPS) is 42.1. The molecular weight excluding hydrogens is 472 g/mol. The zero-order chi connectivity index (χ0) is 25.3. The standard InChI is InChI=1S/C30H41ClN2O3/c1-28(35)12-13-30(18-36-3)20(15-28)5-7-22-23-8-9-25(29(23,2)11-10-24(22)30)27(34)17-33-16-19-4-6-21(31)14-26(19)32-33/h4,6,14,16,20,22-25,35H,5,7-13,15,17-18H2,1-3H3. The second-order valence-corrected chi connectivity index (χ2v) is 13.6. The fraction of sp³-hybridized carbons (Fsp3) is 0.733. The Balaban J connectivity index is 1.22. The summed E-state index contributed by atoms with van der Waals surface area (Å²) in [6, 6.07) is 5.71. The van der Waals surface area contributed by atoms with Gasteiger partial charge in [-0.15, -0.1) is 0 Å². The summed E-state index contributed by atoms with van der Waals surface area (Å²) in [6.45, 7) is 5.61. The minimum absolute atomic E-state index is 0.0788. The summed E-state index contributed by atoms with van der Waals surface area (Å²) >= 11 is 6.14. The quantitative estimate of drug-likeness (QED) is 0.511. The predicted molar refractivity (Wildman–Crippen MR) is 142 cm³/mol. The number of Topliss-reactive ketones (excluding diaryl/α,β-unsaturated/α-hetero) is 1. The molecule has 4 fully saturated rings. The zero-order valence-electron chi connectivity index (χ0n) is 22.0. The van der Waals surface area contributed by atoms with Gasteiger partial charge in [0.15, 0.2) is 5.78 Å². The number of methoxy groups -OCH3 is 1. The SMILES string of the molecule is COCC12CCC(C)(O)CC1CCC1C3CCC(C(=O)Cn4cc5ccc(Cl)cc5n4)C3(C)CCC12. The molecule has 36 heavy (non-hydrogen) atoms. The van der Waals surface area contributed by atoms with Crippen LogP contribution in [-0.4, -0.2) is 40.0 Å². The Bertz CT molecular complexity index is 1160. The summed E-state index contributed by atoms with van der Waals surface area (Å²) in [4.78, 5) is 13.7. The zero-order valence-corrected chi connectivity index (χ0v) is 22.8. The van der Waals surface area contributed by atoms with E-state index >= 15 is 0 Å². The molecule has 8 atom stereocenters. The summed E-state index contributed by atoms with van der Waals surface area (Å²) in [5, 5.41) is 17.2. The molecule has 1 aromatic carbocycles. The van der Waals surface area contributed by atoms with Gasteiger partial charge in [-0.1, -0.05) is 18.5 Å². The lowest BCUT2D eigenvalue weighted by molar-refractivity contribution is -0.175. The smallest absolute Gasteiger partial charge is 0.157 e. The number of rotatable bonds is 5. The lowest BCUT2D eigenvalue weighted by atomic mass is 9.43. The maximum Gasteiger partial charge on any atom is 0.157 e. The number of hydrogen-bond acceptors (Lipinski definition) is 4. The highest BCUT2D eigenvalue weighted by Gasteiger charge is 2.63. The minimum atomic E-state index is -0.536. The van der Waals surface area contributed by atoms with Gasteiger partial charge in [-0.25, -0.2) is 0 Å². The molecule has 0 bridgehead atoms. The molecule has 1 aromatic heterocycles. The monoisotopic (exact) mass is 512 g/mol. The molecule has 4 aliphatic carbocycles. The maximum absolute atomic E-state index is 13.7. The Kier molecular flexibility index (Phi) is 6.09. The van der Waals surface area contributed by atoms with Gasteiger partial charge >= 0.3 is 0 Å². The Labute approximate surface area is 219 Å². The van der Waals surface area contributed by atoms with E-state index in [-0.39, 0.29) is 16.7 Å². The molecule has 1 heterocycles. The minimum Gasteiger partial charge on any atom is -0.390 e. The van der Waals surface area contributed by atoms with Crippen molar-refractivity contribution in [2.24, 2.45) is 40.4 Å². The summed E-state index contributed by atoms with van der Waals surface area (Å²) in [5.41, 5.74) is 0.582. The van der Waals surface area contributed by atoms with Gasteiger partial charge in [-0.2, -0.15) is 5.10 Å². The van der Waals surface area contributed by atoms with Crippen molar-refractivity contribution in [3.8, 4) is 0 Å². The number of hydrogen-bond donors (Lipinski definition) is 1. The molecule has 4 aliphatic rings. The summed E-state index contributed by atoms with van der Waals surface area (Å²) < 4.78 is 7.72. The van der Waals surface area contributed by atoms with E-state index in [2.05, 4.69) is 12.0 Å². The number of ether oxygens (including phenoxy) is 1. The molecule has 0 spiro atoms. The molecule has 2 aromatic rings. The Morgan fingerprint density at radius 3 is 2.78 bits per heavy atom. The molecule has 0 saturated heterocycles. The van der Waals surface area contributed by atoms with E-state index in [0.29, 0.717) is 41.0 Å². The first-order valence-corrected chi connectivity index (χ1v) is 14.4. The average molecular weight is 513 g/mol. The third-order valence-corrected chi connectivity index (χ3v) is 11.5. The van der Waals surface area contributed by atoms with E-state index in [4.69, 9.17) is 16.3 Å². The van der Waals surface area contributed by atoms with E-state index in [1.807, 2.05) is 43.1 Å². The van der Waals surface area contributed by atoms with Crippen molar-refractivity contribution < 1.29 is 14.6 Å². The highest BCUT2D eigenvalue weighted by Crippen LogP contribution is 2.68. The van der Waals surface area contributed by atoms with E-state index in [0.717, 1.165) is 56.0 Å². The van der Waals surface area contributed by atoms with Gasteiger partial charge in [0.2, 0.25) is 0 Å². The lowest BCUT2D eigenvalue weighted by Crippen LogP contribution is -2.58. The average Bonchev–Trinajstić information content (AvgIpc) is 3.38. The van der Waals surface area contributed by atoms with Crippen LogP contribution in [0, 0.1) is 40.4 Å². The van der Waals surface area contributed by atoms with Gasteiger partial charge in [0.25, 0.3) is 0 Å². The van der Waals surface area contributed by atoms with Gasteiger partial charge in [-0.3, -0.25) is 9.48 Å². The Hall–Kier alpha value is -1.43. The van der Waals surface area contributed by atoms with Crippen LogP contribution in [0.3, 0.4) is 0 Å². The third-order valence-electron chi connectivity index (χ3n) is 11.3. The molecule has 0 radical (unpaired) electrons. The first-order valence-electron chi connectivity index (χ1n) is 14.0. The number of aromatic nitrogens is 2. The Morgan fingerprint density at radius 2 is 1.97 bits per heavy atom. The summed E-state index contributed by atoms with van der Waals surface area (Å²) in [5.74, 6) is 2.94. The van der Waals surface area contributed by atoms with Crippen molar-refractivity contribution in [1.29, 1.82) is 0 Å². The molecule has 196 valence electrons. The summed E-state index contributed by atoms with van der Waals surface area (Å²) in [6.07, 6.45) is 11.7. The number of fused-ring (bicyclic) bond motifs is 6. The molecule has 5 nitrogen and oxygen atoms in total. The van der Waals surface area contributed by atoms with Gasteiger partial charge in [0.05, 0.1) is 24.3 Å². The first-order chi connectivity index (χ1) is 17.1. The third kappa shape index (κ3) is 3.87. The number of aliphatic hydroxyl groups is 1. The van der Waals surface area contributed by atoms with Crippen molar-refractivity contribution in [2.75, 3.05) is 13.7 Å². The molecule has 6 rings (SSSR count). The van der Waals surface area contributed by atoms with E-state index in [9.17, 15) is 9.90 Å². The number of ketones is 1. The Morgan fingerprint density at radius 1 is 1.14 bits per heavy atom. The largest absolute Gasteiger partial charge is 0.390 e. The number of benzene rings is 1. The second-order valence-electron chi connectivity index (χ2n) is 13.2. The van der Waals surface area contributed by atoms with Crippen molar-refractivity contribution in [3.05, 3.63) is 29.4 Å². The highest BCUT2D eigenvalue weighted by atomic mass is 35.5.